The molecule has 0 aliphatic carbocycles. The Hall–Kier alpha value is -1.26. The van der Waals surface area contributed by atoms with Crippen LogP contribution in [0.1, 0.15) is 71.6 Å². The van der Waals surface area contributed by atoms with Gasteiger partial charge in [-0.3, -0.25) is 4.79 Å². The van der Waals surface area contributed by atoms with E-state index in [0.717, 1.165) is 19.3 Å². The first-order valence-corrected chi connectivity index (χ1v) is 8.36. The highest BCUT2D eigenvalue weighted by Gasteiger charge is 2.14. The Morgan fingerprint density at radius 1 is 0.905 bits per heavy atom. The summed E-state index contributed by atoms with van der Waals surface area (Å²) in [5.74, 6) is -0.967. The molecule has 0 heterocycles. The summed E-state index contributed by atoms with van der Waals surface area (Å²) in [7, 11) is 0. The van der Waals surface area contributed by atoms with Gasteiger partial charge in [0, 0.05) is 13.1 Å². The van der Waals surface area contributed by atoms with Crippen LogP contribution in [0, 0.1) is 0 Å². The second kappa shape index (κ2) is 13.7. The van der Waals surface area contributed by atoms with Gasteiger partial charge < -0.3 is 15.3 Å². The Morgan fingerprint density at radius 3 is 2.00 bits per heavy atom. The molecule has 0 aromatic rings. The normalized spacial score (nSPS) is 10.4. The summed E-state index contributed by atoms with van der Waals surface area (Å²) in [6, 6.07) is -0.262. The molecular formula is C16H32N2O3. The van der Waals surface area contributed by atoms with Crippen molar-refractivity contribution >= 4 is 12.0 Å². The molecule has 5 heteroatoms. The lowest BCUT2D eigenvalue weighted by Gasteiger charge is -2.20. The summed E-state index contributed by atoms with van der Waals surface area (Å²) in [6.07, 6.45) is 10.6. The highest BCUT2D eigenvalue weighted by atomic mass is 16.4. The molecule has 0 saturated heterocycles. The van der Waals surface area contributed by atoms with Crippen LogP contribution in [0.5, 0.6) is 0 Å². The molecule has 0 unspecified atom stereocenters. The number of rotatable bonds is 13. The molecule has 0 fully saturated rings. The average molecular weight is 300 g/mol. The van der Waals surface area contributed by atoms with Gasteiger partial charge in [-0.1, -0.05) is 58.8 Å². The Labute approximate surface area is 129 Å². The Morgan fingerprint density at radius 2 is 1.48 bits per heavy atom. The van der Waals surface area contributed by atoms with E-state index in [1.54, 1.807) is 0 Å². The second-order valence-corrected chi connectivity index (χ2v) is 5.52. The van der Waals surface area contributed by atoms with Gasteiger partial charge in [0.2, 0.25) is 0 Å². The van der Waals surface area contributed by atoms with Crippen molar-refractivity contribution in [1.82, 2.24) is 10.2 Å². The molecule has 0 aliphatic rings. The third-order valence-electron chi connectivity index (χ3n) is 3.41. The third-order valence-corrected chi connectivity index (χ3v) is 3.41. The van der Waals surface area contributed by atoms with Crippen LogP contribution >= 0.6 is 0 Å². The van der Waals surface area contributed by atoms with Crippen LogP contribution < -0.4 is 5.32 Å². The Bertz CT molecular complexity index is 283. The van der Waals surface area contributed by atoms with E-state index in [0.29, 0.717) is 13.1 Å². The van der Waals surface area contributed by atoms with Crippen LogP contribution in [0.25, 0.3) is 0 Å². The first kappa shape index (κ1) is 19.7. The van der Waals surface area contributed by atoms with E-state index in [1.807, 2.05) is 6.92 Å². The average Bonchev–Trinajstić information content (AvgIpc) is 2.44. The maximum absolute atomic E-state index is 11.8. The quantitative estimate of drug-likeness (QED) is 0.510. The number of nitrogens with one attached hydrogen (secondary N) is 1. The van der Waals surface area contributed by atoms with Gasteiger partial charge in [0.1, 0.15) is 6.54 Å². The maximum atomic E-state index is 11.8. The number of hydrogen-bond acceptors (Lipinski definition) is 2. The van der Waals surface area contributed by atoms with Crippen LogP contribution in [0.2, 0.25) is 0 Å². The number of carbonyl (C=O) groups is 2. The van der Waals surface area contributed by atoms with E-state index in [-0.39, 0.29) is 12.6 Å². The van der Waals surface area contributed by atoms with Crippen molar-refractivity contribution in [3.05, 3.63) is 0 Å². The minimum atomic E-state index is -0.967. The van der Waals surface area contributed by atoms with E-state index in [4.69, 9.17) is 5.11 Å². The van der Waals surface area contributed by atoms with Crippen LogP contribution in [-0.4, -0.2) is 41.6 Å². The van der Waals surface area contributed by atoms with Crippen LogP contribution in [0.3, 0.4) is 0 Å². The number of carboxylic acids is 1. The molecule has 0 spiro atoms. The molecule has 0 atom stereocenters. The fourth-order valence-electron chi connectivity index (χ4n) is 2.25. The van der Waals surface area contributed by atoms with Crippen molar-refractivity contribution in [2.24, 2.45) is 0 Å². The van der Waals surface area contributed by atoms with Gasteiger partial charge >= 0.3 is 12.0 Å². The number of hydrogen-bond donors (Lipinski definition) is 2. The van der Waals surface area contributed by atoms with Crippen molar-refractivity contribution < 1.29 is 14.7 Å². The number of amides is 2. The highest BCUT2D eigenvalue weighted by Crippen LogP contribution is 2.07. The van der Waals surface area contributed by atoms with E-state index >= 15 is 0 Å². The zero-order valence-corrected chi connectivity index (χ0v) is 13.7. The first-order valence-electron chi connectivity index (χ1n) is 8.36. The van der Waals surface area contributed by atoms with Gasteiger partial charge in [0.05, 0.1) is 0 Å². The van der Waals surface area contributed by atoms with Crippen LogP contribution in [0.4, 0.5) is 4.79 Å². The van der Waals surface area contributed by atoms with E-state index in [1.165, 1.54) is 43.4 Å². The van der Waals surface area contributed by atoms with Crippen molar-refractivity contribution in [2.75, 3.05) is 19.6 Å². The van der Waals surface area contributed by atoms with Gasteiger partial charge in [0.25, 0.3) is 0 Å². The predicted octanol–water partition coefficient (Wildman–Crippen LogP) is 3.63. The molecule has 2 amide bonds. The minimum absolute atomic E-state index is 0.225. The molecule has 0 radical (unpaired) electrons. The minimum Gasteiger partial charge on any atom is -0.480 e. The number of carbonyl (C=O) groups excluding carboxylic acids is 1. The van der Waals surface area contributed by atoms with Crippen molar-refractivity contribution in [1.29, 1.82) is 0 Å². The summed E-state index contributed by atoms with van der Waals surface area (Å²) in [4.78, 5) is 23.9. The molecule has 0 aromatic carbocycles. The van der Waals surface area contributed by atoms with Crippen LogP contribution in [-0.2, 0) is 4.79 Å². The molecular weight excluding hydrogens is 268 g/mol. The standard InChI is InChI=1S/C16H32N2O3/c1-3-5-6-7-8-9-10-11-12-17-16(21)18(13-4-2)14-15(19)20/h3-14H2,1-2H3,(H,17,21)(H,19,20). The van der Waals surface area contributed by atoms with Crippen molar-refractivity contribution in [3.8, 4) is 0 Å². The Kier molecular flexibility index (Phi) is 12.9. The number of aliphatic carboxylic acids is 1. The van der Waals surface area contributed by atoms with Crippen LogP contribution in [0.15, 0.2) is 0 Å². The molecule has 5 nitrogen and oxygen atoms in total. The zero-order chi connectivity index (χ0) is 15.9. The zero-order valence-electron chi connectivity index (χ0n) is 13.7. The SMILES string of the molecule is CCCCCCCCCCNC(=O)N(CCC)CC(=O)O. The molecule has 0 saturated carbocycles. The monoisotopic (exact) mass is 300 g/mol. The fraction of sp³-hybridized carbons (Fsp3) is 0.875. The molecule has 21 heavy (non-hydrogen) atoms. The molecule has 0 aromatic heterocycles. The lowest BCUT2D eigenvalue weighted by molar-refractivity contribution is -0.137. The predicted molar refractivity (Wildman–Crippen MR) is 85.5 cm³/mol. The summed E-state index contributed by atoms with van der Waals surface area (Å²) in [6.45, 7) is 5.04. The summed E-state index contributed by atoms with van der Waals surface area (Å²) in [5.41, 5.74) is 0. The molecule has 124 valence electrons. The van der Waals surface area contributed by atoms with Gasteiger partial charge in [-0.2, -0.15) is 0 Å². The number of unbranched alkanes of at least 4 members (excludes halogenated alkanes) is 7. The topological polar surface area (TPSA) is 69.6 Å². The molecule has 0 aliphatic heterocycles. The van der Waals surface area contributed by atoms with Gasteiger partial charge in [-0.05, 0) is 12.8 Å². The van der Waals surface area contributed by atoms with Gasteiger partial charge in [-0.15, -0.1) is 0 Å². The van der Waals surface area contributed by atoms with Crippen molar-refractivity contribution in [2.45, 2.75) is 71.6 Å². The van der Waals surface area contributed by atoms with Gasteiger partial charge in [0.15, 0.2) is 0 Å². The van der Waals surface area contributed by atoms with Gasteiger partial charge in [-0.25, -0.2) is 4.79 Å². The lowest BCUT2D eigenvalue weighted by atomic mass is 10.1. The summed E-state index contributed by atoms with van der Waals surface area (Å²) < 4.78 is 0. The fourth-order valence-corrected chi connectivity index (χ4v) is 2.25. The third kappa shape index (κ3) is 12.2. The van der Waals surface area contributed by atoms with E-state index < -0.39 is 5.97 Å². The summed E-state index contributed by atoms with van der Waals surface area (Å²) in [5, 5.41) is 11.6. The number of urea groups is 1. The molecule has 0 rings (SSSR count). The summed E-state index contributed by atoms with van der Waals surface area (Å²) >= 11 is 0. The lowest BCUT2D eigenvalue weighted by Crippen LogP contribution is -2.43. The molecule has 2 N–H and O–H groups in total. The van der Waals surface area contributed by atoms with Crippen molar-refractivity contribution in [3.63, 3.8) is 0 Å². The first-order chi connectivity index (χ1) is 10.1. The smallest absolute Gasteiger partial charge is 0.323 e. The Balaban J connectivity index is 3.60. The highest BCUT2D eigenvalue weighted by molar-refractivity contribution is 5.80. The van der Waals surface area contributed by atoms with E-state index in [2.05, 4.69) is 12.2 Å². The number of carboxylic acid groups (broad SMARTS) is 1. The van der Waals surface area contributed by atoms with E-state index in [9.17, 15) is 9.59 Å². The number of nitrogens with zero attached hydrogens (tertiary/aromatic N) is 1. The molecule has 0 bridgehead atoms. The largest absolute Gasteiger partial charge is 0.480 e. The second-order valence-electron chi connectivity index (χ2n) is 5.52. The maximum Gasteiger partial charge on any atom is 0.323 e.